The summed E-state index contributed by atoms with van der Waals surface area (Å²) < 4.78 is 7.82. The zero-order valence-corrected chi connectivity index (χ0v) is 13.0. The van der Waals surface area contributed by atoms with E-state index in [1.54, 1.807) is 0 Å². The van der Waals surface area contributed by atoms with Crippen molar-refractivity contribution < 1.29 is 4.74 Å². The van der Waals surface area contributed by atoms with Crippen molar-refractivity contribution in [3.63, 3.8) is 0 Å². The highest BCUT2D eigenvalue weighted by Gasteiger charge is 2.22. The van der Waals surface area contributed by atoms with Crippen molar-refractivity contribution >= 4 is 22.8 Å². The van der Waals surface area contributed by atoms with E-state index >= 15 is 0 Å². The van der Waals surface area contributed by atoms with Crippen molar-refractivity contribution in [2.24, 2.45) is 7.05 Å². The SMILES string of the molecule is Cn1c(OC2CCC2)nc2cc(Cl)c(-c3ccccc3)nc21. The van der Waals surface area contributed by atoms with Gasteiger partial charge in [0.25, 0.3) is 6.01 Å². The summed E-state index contributed by atoms with van der Waals surface area (Å²) in [5, 5.41) is 0.604. The maximum absolute atomic E-state index is 6.39. The lowest BCUT2D eigenvalue weighted by atomic mass is 9.96. The molecule has 4 rings (SSSR count). The lowest BCUT2D eigenvalue weighted by Gasteiger charge is -2.25. The first-order valence-electron chi connectivity index (χ1n) is 7.47. The Balaban J connectivity index is 1.80. The number of aryl methyl sites for hydroxylation is 1. The predicted octanol–water partition coefficient (Wildman–Crippen LogP) is 4.22. The Kier molecular flexibility index (Phi) is 3.26. The molecule has 0 radical (unpaired) electrons. The molecule has 2 heterocycles. The minimum atomic E-state index is 0.291. The smallest absolute Gasteiger partial charge is 0.298 e. The van der Waals surface area contributed by atoms with Gasteiger partial charge in [0.1, 0.15) is 11.6 Å². The summed E-state index contributed by atoms with van der Waals surface area (Å²) >= 11 is 6.39. The molecule has 0 N–H and O–H groups in total. The van der Waals surface area contributed by atoms with E-state index in [1.165, 1.54) is 6.42 Å². The lowest BCUT2D eigenvalue weighted by molar-refractivity contribution is 0.105. The number of halogens is 1. The third kappa shape index (κ3) is 2.24. The molecule has 1 aliphatic rings. The molecule has 0 bridgehead atoms. The number of fused-ring (bicyclic) bond motifs is 1. The van der Waals surface area contributed by atoms with Crippen LogP contribution in [0.5, 0.6) is 6.01 Å². The minimum absolute atomic E-state index is 0.291. The molecular weight excluding hydrogens is 298 g/mol. The maximum atomic E-state index is 6.39. The van der Waals surface area contributed by atoms with E-state index in [0.29, 0.717) is 17.1 Å². The molecule has 22 heavy (non-hydrogen) atoms. The number of hydrogen-bond donors (Lipinski definition) is 0. The highest BCUT2D eigenvalue weighted by Crippen LogP contribution is 2.31. The first-order valence-corrected chi connectivity index (χ1v) is 7.85. The quantitative estimate of drug-likeness (QED) is 0.727. The summed E-state index contributed by atoms with van der Waals surface area (Å²) in [5.41, 5.74) is 3.32. The predicted molar refractivity (Wildman–Crippen MR) is 87.2 cm³/mol. The van der Waals surface area contributed by atoms with Gasteiger partial charge in [-0.25, -0.2) is 4.98 Å². The van der Waals surface area contributed by atoms with Crippen LogP contribution < -0.4 is 4.74 Å². The van der Waals surface area contributed by atoms with Crippen LogP contribution in [0.3, 0.4) is 0 Å². The van der Waals surface area contributed by atoms with E-state index in [4.69, 9.17) is 21.3 Å². The van der Waals surface area contributed by atoms with Gasteiger partial charge in [0.15, 0.2) is 5.65 Å². The summed E-state index contributed by atoms with van der Waals surface area (Å²) in [6.07, 6.45) is 3.73. The van der Waals surface area contributed by atoms with Crippen molar-refractivity contribution in [3.05, 3.63) is 41.4 Å². The zero-order chi connectivity index (χ0) is 15.1. The number of pyridine rings is 1. The molecular formula is C17H16ClN3O. The van der Waals surface area contributed by atoms with Crippen molar-refractivity contribution in [1.82, 2.24) is 14.5 Å². The van der Waals surface area contributed by atoms with Crippen molar-refractivity contribution in [3.8, 4) is 17.3 Å². The molecule has 0 saturated heterocycles. The van der Waals surface area contributed by atoms with Crippen LogP contribution in [0.4, 0.5) is 0 Å². The Bertz CT molecular complexity index is 825. The number of benzene rings is 1. The molecule has 112 valence electrons. The van der Waals surface area contributed by atoms with Gasteiger partial charge in [-0.05, 0) is 25.3 Å². The molecule has 0 amide bonds. The summed E-state index contributed by atoms with van der Waals surface area (Å²) in [4.78, 5) is 9.23. The van der Waals surface area contributed by atoms with E-state index in [2.05, 4.69) is 4.98 Å². The standard InChI is InChI=1S/C17H16ClN3O/c1-21-16-14(19-17(21)22-12-8-5-9-12)10-13(18)15(20-16)11-6-3-2-4-7-11/h2-4,6-7,10,12H,5,8-9H2,1H3. The summed E-state index contributed by atoms with van der Waals surface area (Å²) in [6, 6.07) is 12.4. The first kappa shape index (κ1) is 13.6. The van der Waals surface area contributed by atoms with Gasteiger partial charge in [-0.2, -0.15) is 4.98 Å². The van der Waals surface area contributed by atoms with E-state index in [9.17, 15) is 0 Å². The highest BCUT2D eigenvalue weighted by atomic mass is 35.5. The molecule has 0 spiro atoms. The van der Waals surface area contributed by atoms with Crippen LogP contribution in [0.1, 0.15) is 19.3 Å². The molecule has 4 nitrogen and oxygen atoms in total. The largest absolute Gasteiger partial charge is 0.461 e. The van der Waals surface area contributed by atoms with E-state index in [-0.39, 0.29) is 0 Å². The van der Waals surface area contributed by atoms with Crippen molar-refractivity contribution in [2.45, 2.75) is 25.4 Å². The fourth-order valence-corrected chi connectivity index (χ4v) is 2.86. The van der Waals surface area contributed by atoms with E-state index in [0.717, 1.165) is 35.3 Å². The number of rotatable bonds is 3. The van der Waals surface area contributed by atoms with Crippen LogP contribution in [-0.2, 0) is 7.05 Å². The third-order valence-electron chi connectivity index (χ3n) is 4.13. The number of nitrogens with zero attached hydrogens (tertiary/aromatic N) is 3. The number of ether oxygens (including phenoxy) is 1. The van der Waals surface area contributed by atoms with E-state index in [1.807, 2.05) is 48.0 Å². The van der Waals surface area contributed by atoms with Crippen LogP contribution in [0.25, 0.3) is 22.4 Å². The molecule has 1 fully saturated rings. The van der Waals surface area contributed by atoms with Gasteiger partial charge in [0.2, 0.25) is 0 Å². The second-order valence-electron chi connectivity index (χ2n) is 5.65. The van der Waals surface area contributed by atoms with Crippen molar-refractivity contribution in [2.75, 3.05) is 0 Å². The molecule has 0 unspecified atom stereocenters. The van der Waals surface area contributed by atoms with E-state index < -0.39 is 0 Å². The molecule has 2 aromatic heterocycles. The molecule has 0 aliphatic heterocycles. The summed E-state index contributed by atoms with van der Waals surface area (Å²) in [5.74, 6) is 0. The summed E-state index contributed by atoms with van der Waals surface area (Å²) in [7, 11) is 1.93. The van der Waals surface area contributed by atoms with Crippen LogP contribution in [0.15, 0.2) is 36.4 Å². The van der Waals surface area contributed by atoms with Gasteiger partial charge < -0.3 is 4.74 Å². The molecule has 1 aliphatic carbocycles. The fourth-order valence-electron chi connectivity index (χ4n) is 2.61. The number of hydrogen-bond acceptors (Lipinski definition) is 3. The monoisotopic (exact) mass is 313 g/mol. The first-order chi connectivity index (χ1) is 10.7. The molecule has 1 saturated carbocycles. The third-order valence-corrected chi connectivity index (χ3v) is 4.42. The lowest BCUT2D eigenvalue weighted by Crippen LogP contribution is -2.25. The molecule has 5 heteroatoms. The van der Waals surface area contributed by atoms with Crippen LogP contribution in [0.2, 0.25) is 5.02 Å². The van der Waals surface area contributed by atoms with Gasteiger partial charge in [-0.15, -0.1) is 0 Å². The van der Waals surface area contributed by atoms with Gasteiger partial charge in [-0.1, -0.05) is 41.9 Å². The Morgan fingerprint density at radius 1 is 1.18 bits per heavy atom. The fraction of sp³-hybridized carbons (Fsp3) is 0.294. The maximum Gasteiger partial charge on any atom is 0.298 e. The normalized spacial score (nSPS) is 15.0. The second-order valence-corrected chi connectivity index (χ2v) is 6.06. The Labute approximate surface area is 133 Å². The summed E-state index contributed by atoms with van der Waals surface area (Å²) in [6.45, 7) is 0. The second kappa shape index (κ2) is 5.29. The van der Waals surface area contributed by atoms with Gasteiger partial charge in [-0.3, -0.25) is 4.57 Å². The molecule has 1 aromatic carbocycles. The minimum Gasteiger partial charge on any atom is -0.461 e. The van der Waals surface area contributed by atoms with Gasteiger partial charge in [0, 0.05) is 12.6 Å². The van der Waals surface area contributed by atoms with Gasteiger partial charge in [0.05, 0.1) is 10.7 Å². The Morgan fingerprint density at radius 3 is 2.64 bits per heavy atom. The number of imidazole rings is 1. The molecule has 0 atom stereocenters. The van der Waals surface area contributed by atoms with Crippen LogP contribution in [0, 0.1) is 0 Å². The average molecular weight is 314 g/mol. The Hall–Kier alpha value is -2.07. The zero-order valence-electron chi connectivity index (χ0n) is 12.3. The van der Waals surface area contributed by atoms with Crippen LogP contribution in [-0.4, -0.2) is 20.6 Å². The topological polar surface area (TPSA) is 39.9 Å². The molecule has 3 aromatic rings. The Morgan fingerprint density at radius 2 is 1.95 bits per heavy atom. The number of aromatic nitrogens is 3. The van der Waals surface area contributed by atoms with Crippen LogP contribution >= 0.6 is 11.6 Å². The van der Waals surface area contributed by atoms with Crippen molar-refractivity contribution in [1.29, 1.82) is 0 Å². The van der Waals surface area contributed by atoms with Gasteiger partial charge >= 0.3 is 0 Å². The average Bonchev–Trinajstić information content (AvgIpc) is 2.79. The highest BCUT2D eigenvalue weighted by molar-refractivity contribution is 6.33.